The maximum Gasteiger partial charge on any atom is 0.316 e. The van der Waals surface area contributed by atoms with Crippen molar-refractivity contribution in [1.82, 2.24) is 19.7 Å². The third-order valence-corrected chi connectivity index (χ3v) is 4.96. The van der Waals surface area contributed by atoms with Crippen molar-refractivity contribution in [1.29, 1.82) is 0 Å². The fraction of sp³-hybridized carbons (Fsp3) is 0.273. The quantitative estimate of drug-likeness (QED) is 0.475. The van der Waals surface area contributed by atoms with Gasteiger partial charge in [0.05, 0.1) is 31.7 Å². The first kappa shape index (κ1) is 20.4. The summed E-state index contributed by atoms with van der Waals surface area (Å²) in [5.41, 5.74) is 1.52. The van der Waals surface area contributed by atoms with E-state index in [0.29, 0.717) is 46.2 Å². The van der Waals surface area contributed by atoms with E-state index in [9.17, 15) is 9.59 Å². The molecule has 1 N–H and O–H groups in total. The third-order valence-electron chi connectivity index (χ3n) is 4.96. The molecule has 0 aliphatic rings. The molecule has 0 saturated heterocycles. The van der Waals surface area contributed by atoms with E-state index < -0.39 is 11.1 Å². The van der Waals surface area contributed by atoms with Crippen LogP contribution >= 0.6 is 0 Å². The van der Waals surface area contributed by atoms with Crippen LogP contribution in [0, 0.1) is 0 Å². The Hall–Kier alpha value is -3.88. The standard InChI is InChI=1S/C22H22N4O5/c1-12(2)26-16-7-6-14(11-15(16)23-21(27)22(26)28)20-24-19(31-25-20)10-13-5-8-17(29-3)18(9-13)30-4/h5-9,11-12H,10H2,1-4H3,(H,23,27). The van der Waals surface area contributed by atoms with Gasteiger partial charge in [-0.1, -0.05) is 11.2 Å². The van der Waals surface area contributed by atoms with E-state index in [4.69, 9.17) is 14.0 Å². The fourth-order valence-electron chi connectivity index (χ4n) is 3.50. The lowest BCUT2D eigenvalue weighted by Gasteiger charge is -2.13. The van der Waals surface area contributed by atoms with Gasteiger partial charge in [0.1, 0.15) is 0 Å². The second-order valence-electron chi connectivity index (χ2n) is 7.33. The number of hydrogen-bond acceptors (Lipinski definition) is 7. The van der Waals surface area contributed by atoms with Crippen LogP contribution in [0.25, 0.3) is 22.4 Å². The van der Waals surface area contributed by atoms with Crippen LogP contribution in [-0.4, -0.2) is 33.9 Å². The molecule has 9 heteroatoms. The Morgan fingerprint density at radius 1 is 1.06 bits per heavy atom. The van der Waals surface area contributed by atoms with E-state index in [1.165, 1.54) is 4.57 Å². The zero-order valence-electron chi connectivity index (χ0n) is 17.6. The Balaban J connectivity index is 1.67. The van der Waals surface area contributed by atoms with Gasteiger partial charge >= 0.3 is 11.1 Å². The molecule has 4 aromatic rings. The number of H-pyrrole nitrogens is 1. The summed E-state index contributed by atoms with van der Waals surface area (Å²) in [5, 5.41) is 4.06. The lowest BCUT2D eigenvalue weighted by atomic mass is 10.1. The Labute approximate surface area is 177 Å². The lowest BCUT2D eigenvalue weighted by Crippen LogP contribution is -2.37. The van der Waals surface area contributed by atoms with Crippen molar-refractivity contribution < 1.29 is 14.0 Å². The molecule has 0 amide bonds. The van der Waals surface area contributed by atoms with Crippen LogP contribution in [0.4, 0.5) is 0 Å². The van der Waals surface area contributed by atoms with Crippen LogP contribution in [0.15, 0.2) is 50.5 Å². The minimum absolute atomic E-state index is 0.151. The molecule has 31 heavy (non-hydrogen) atoms. The van der Waals surface area contributed by atoms with Gasteiger partial charge < -0.3 is 19.0 Å². The molecule has 0 atom stereocenters. The van der Waals surface area contributed by atoms with Gasteiger partial charge in [-0.3, -0.25) is 14.2 Å². The van der Waals surface area contributed by atoms with Crippen molar-refractivity contribution in [3.63, 3.8) is 0 Å². The molecule has 4 rings (SSSR count). The first-order valence-electron chi connectivity index (χ1n) is 9.73. The number of benzene rings is 2. The first-order chi connectivity index (χ1) is 14.9. The van der Waals surface area contributed by atoms with Crippen LogP contribution in [0.5, 0.6) is 11.5 Å². The molecular formula is C22H22N4O5. The van der Waals surface area contributed by atoms with Crippen LogP contribution in [0.3, 0.4) is 0 Å². The second-order valence-corrected chi connectivity index (χ2v) is 7.33. The lowest BCUT2D eigenvalue weighted by molar-refractivity contribution is 0.354. The van der Waals surface area contributed by atoms with Gasteiger partial charge in [0.2, 0.25) is 11.7 Å². The molecule has 0 unspecified atom stereocenters. The average Bonchev–Trinajstić information content (AvgIpc) is 3.22. The molecule has 2 aromatic heterocycles. The summed E-state index contributed by atoms with van der Waals surface area (Å²) in [5.74, 6) is 2.08. The van der Waals surface area contributed by atoms with Crippen molar-refractivity contribution in [3.8, 4) is 22.9 Å². The Bertz CT molecular complexity index is 1370. The molecule has 0 fully saturated rings. The number of aromatic amines is 1. The van der Waals surface area contributed by atoms with Crippen molar-refractivity contribution >= 4 is 11.0 Å². The fourth-order valence-corrected chi connectivity index (χ4v) is 3.50. The maximum atomic E-state index is 12.2. The predicted octanol–water partition coefficient (Wildman–Crippen LogP) is 2.93. The topological polar surface area (TPSA) is 112 Å². The predicted molar refractivity (Wildman–Crippen MR) is 115 cm³/mol. The summed E-state index contributed by atoms with van der Waals surface area (Å²) in [6.07, 6.45) is 0.421. The molecule has 0 spiro atoms. The van der Waals surface area contributed by atoms with Gasteiger partial charge in [-0.2, -0.15) is 4.98 Å². The second kappa shape index (κ2) is 8.10. The van der Waals surface area contributed by atoms with Crippen LogP contribution < -0.4 is 20.6 Å². The molecular weight excluding hydrogens is 400 g/mol. The maximum absolute atomic E-state index is 12.2. The summed E-state index contributed by atoms with van der Waals surface area (Å²) in [7, 11) is 3.16. The first-order valence-corrected chi connectivity index (χ1v) is 9.73. The van der Waals surface area contributed by atoms with Gasteiger partial charge in [0, 0.05) is 11.6 Å². The van der Waals surface area contributed by atoms with E-state index in [2.05, 4.69) is 15.1 Å². The van der Waals surface area contributed by atoms with Crippen molar-refractivity contribution in [2.45, 2.75) is 26.3 Å². The van der Waals surface area contributed by atoms with Crippen molar-refractivity contribution in [3.05, 3.63) is 68.6 Å². The van der Waals surface area contributed by atoms with Gasteiger partial charge in [-0.25, -0.2) is 0 Å². The van der Waals surface area contributed by atoms with Crippen LogP contribution in [0.1, 0.15) is 31.3 Å². The minimum atomic E-state index is -0.666. The number of fused-ring (bicyclic) bond motifs is 1. The SMILES string of the molecule is COc1ccc(Cc2nc(-c3ccc4c(c3)[nH]c(=O)c(=O)n4C(C)C)no2)cc1OC. The minimum Gasteiger partial charge on any atom is -0.493 e. The Morgan fingerprint density at radius 3 is 2.55 bits per heavy atom. The Kier molecular flexibility index (Phi) is 5.33. The number of aromatic nitrogens is 4. The normalized spacial score (nSPS) is 11.3. The molecule has 160 valence electrons. The monoisotopic (exact) mass is 422 g/mol. The Morgan fingerprint density at radius 2 is 1.84 bits per heavy atom. The summed E-state index contributed by atoms with van der Waals surface area (Å²) >= 11 is 0. The van der Waals surface area contributed by atoms with E-state index in [1.807, 2.05) is 32.0 Å². The van der Waals surface area contributed by atoms with Gasteiger partial charge in [0.25, 0.3) is 0 Å². The number of nitrogens with one attached hydrogen (secondary N) is 1. The van der Waals surface area contributed by atoms with E-state index in [0.717, 1.165) is 5.56 Å². The largest absolute Gasteiger partial charge is 0.493 e. The van der Waals surface area contributed by atoms with Crippen molar-refractivity contribution in [2.75, 3.05) is 14.2 Å². The smallest absolute Gasteiger partial charge is 0.316 e. The molecule has 0 bridgehead atoms. The van der Waals surface area contributed by atoms with Gasteiger partial charge in [0.15, 0.2) is 11.5 Å². The number of nitrogens with zero attached hydrogens (tertiary/aromatic N) is 3. The molecule has 0 radical (unpaired) electrons. The third kappa shape index (κ3) is 3.81. The summed E-state index contributed by atoms with van der Waals surface area (Å²) in [6, 6.07) is 10.7. The zero-order valence-corrected chi connectivity index (χ0v) is 17.6. The molecule has 0 saturated carbocycles. The van der Waals surface area contributed by atoms with Crippen LogP contribution in [-0.2, 0) is 6.42 Å². The zero-order chi connectivity index (χ0) is 22.1. The molecule has 0 aliphatic carbocycles. The van der Waals surface area contributed by atoms with Gasteiger partial charge in [-0.15, -0.1) is 0 Å². The number of hydrogen-bond donors (Lipinski definition) is 1. The number of methoxy groups -OCH3 is 2. The average molecular weight is 422 g/mol. The molecule has 9 nitrogen and oxygen atoms in total. The van der Waals surface area contributed by atoms with E-state index in [1.54, 1.807) is 32.4 Å². The highest BCUT2D eigenvalue weighted by atomic mass is 16.5. The van der Waals surface area contributed by atoms with E-state index >= 15 is 0 Å². The van der Waals surface area contributed by atoms with Crippen LogP contribution in [0.2, 0.25) is 0 Å². The summed E-state index contributed by atoms with van der Waals surface area (Å²) < 4.78 is 17.5. The van der Waals surface area contributed by atoms with E-state index in [-0.39, 0.29) is 6.04 Å². The molecule has 0 aliphatic heterocycles. The summed E-state index contributed by atoms with van der Waals surface area (Å²) in [4.78, 5) is 31.4. The summed E-state index contributed by atoms with van der Waals surface area (Å²) in [6.45, 7) is 3.71. The van der Waals surface area contributed by atoms with Crippen molar-refractivity contribution in [2.24, 2.45) is 0 Å². The highest BCUT2D eigenvalue weighted by Crippen LogP contribution is 2.29. The number of rotatable bonds is 6. The highest BCUT2D eigenvalue weighted by molar-refractivity contribution is 5.80. The highest BCUT2D eigenvalue weighted by Gasteiger charge is 2.15. The van der Waals surface area contributed by atoms with Gasteiger partial charge in [-0.05, 0) is 49.7 Å². The molecule has 2 heterocycles. The number of ether oxygens (including phenoxy) is 2. The molecule has 2 aromatic carbocycles.